The van der Waals surface area contributed by atoms with Gasteiger partial charge in [0.15, 0.2) is 0 Å². The van der Waals surface area contributed by atoms with Crippen LogP contribution < -0.4 is 15.8 Å². The number of nitrogens with one attached hydrogen (secondary N) is 1. The molecule has 0 saturated heterocycles. The molecule has 0 radical (unpaired) electrons. The molecule has 0 bridgehead atoms. The van der Waals surface area contributed by atoms with Crippen LogP contribution in [0.3, 0.4) is 0 Å². The smallest absolute Gasteiger partial charge is 0.120 e. The van der Waals surface area contributed by atoms with Crippen molar-refractivity contribution in [3.8, 4) is 5.75 Å². The van der Waals surface area contributed by atoms with Gasteiger partial charge in [-0.3, -0.25) is 0 Å². The van der Waals surface area contributed by atoms with Gasteiger partial charge in [0.25, 0.3) is 0 Å². The summed E-state index contributed by atoms with van der Waals surface area (Å²) < 4.78 is 16.4. The van der Waals surface area contributed by atoms with Crippen molar-refractivity contribution >= 4 is 5.91 Å². The maximum Gasteiger partial charge on any atom is 0.120 e. The average molecular weight is 637 g/mol. The van der Waals surface area contributed by atoms with E-state index >= 15 is 0 Å². The van der Waals surface area contributed by atoms with Gasteiger partial charge in [-0.2, -0.15) is 0 Å². The molecule has 0 saturated carbocycles. The summed E-state index contributed by atoms with van der Waals surface area (Å²) in [5.74, 6) is 0.371. The molecular weight excluding hydrogens is 590 g/mol. The van der Waals surface area contributed by atoms with Gasteiger partial charge in [-0.05, 0) is 53.7 Å². The maximum absolute atomic E-state index is 12.1. The number of hydrogen-bond donors (Lipinski definition) is 2. The summed E-state index contributed by atoms with van der Waals surface area (Å²) in [6.07, 6.45) is 4.05. The molecule has 8 heteroatoms. The molecule has 1 aromatic rings. The standard InChI is InChI=1S/C19H32N2O4.C4H9N.C2H6.W/c1-15(2)24-11-9-23-10-12-25-17-8-6-7-16(13-17)18(22)20-14-21-19(3,4)5;1-2-3-4-5;1-2;/h6-8,13,15,21H,9-12,14H2,1-5H3,(H,20,22);2-3H,4-5H2,1H3;1-2H3;/p-1/b;3-2+;;. The van der Waals surface area contributed by atoms with Gasteiger partial charge in [0.05, 0.1) is 31.8 Å². The second-order valence-electron chi connectivity index (χ2n) is 7.76. The Labute approximate surface area is 216 Å². The molecule has 3 N–H and O–H groups in total. The summed E-state index contributed by atoms with van der Waals surface area (Å²) in [6.45, 7) is 19.0. The first-order valence-electron chi connectivity index (χ1n) is 11.4. The topological polar surface area (TPSA) is 96.9 Å². The molecule has 1 rings (SSSR count). The Morgan fingerprint density at radius 2 is 1.79 bits per heavy atom. The van der Waals surface area contributed by atoms with Crippen molar-refractivity contribution < 1.29 is 40.1 Å². The zero-order chi connectivity index (χ0) is 24.8. The first-order valence-corrected chi connectivity index (χ1v) is 11.4. The largest absolute Gasteiger partial charge is 0.637 e. The van der Waals surface area contributed by atoms with Crippen molar-refractivity contribution in [3.05, 3.63) is 47.3 Å². The van der Waals surface area contributed by atoms with Gasteiger partial charge in [-0.1, -0.05) is 44.8 Å². The van der Waals surface area contributed by atoms with Gasteiger partial charge >= 0.3 is 0 Å². The van der Waals surface area contributed by atoms with Crippen LogP contribution in [0.5, 0.6) is 5.75 Å². The SMILES string of the molecule is C/C=C/CN.CC.CC(C)OCCOCCOc1cccc(C(=O)[N-]CNC(C)(C)C)c1.[W]. The maximum atomic E-state index is 12.1. The molecule has 7 nitrogen and oxygen atoms in total. The summed E-state index contributed by atoms with van der Waals surface area (Å²) in [5.41, 5.74) is 5.49. The molecule has 0 unspecified atom stereocenters. The van der Waals surface area contributed by atoms with E-state index in [4.69, 9.17) is 19.9 Å². The van der Waals surface area contributed by atoms with Crippen molar-refractivity contribution in [2.75, 3.05) is 39.6 Å². The van der Waals surface area contributed by atoms with E-state index in [2.05, 4.69) is 10.6 Å². The van der Waals surface area contributed by atoms with Crippen LogP contribution in [0.1, 0.15) is 65.7 Å². The van der Waals surface area contributed by atoms with Crippen LogP contribution in [0.4, 0.5) is 0 Å². The van der Waals surface area contributed by atoms with E-state index in [9.17, 15) is 4.79 Å². The Hall–Kier alpha value is -1.24. The summed E-state index contributed by atoms with van der Waals surface area (Å²) in [6, 6.07) is 7.03. The molecule has 0 aliphatic heterocycles. The molecule has 0 atom stereocenters. The number of nitrogens with zero attached hydrogens (tertiary/aromatic N) is 1. The third kappa shape index (κ3) is 25.2. The van der Waals surface area contributed by atoms with Crippen LogP contribution >= 0.6 is 0 Å². The van der Waals surface area contributed by atoms with Gasteiger partial charge in [0, 0.05) is 38.7 Å². The van der Waals surface area contributed by atoms with Crippen molar-refractivity contribution in [1.29, 1.82) is 0 Å². The minimum atomic E-state index is -0.260. The molecule has 192 valence electrons. The van der Waals surface area contributed by atoms with Crippen LogP contribution in [-0.2, 0) is 30.5 Å². The minimum absolute atomic E-state index is 0. The molecule has 0 heterocycles. The van der Waals surface area contributed by atoms with E-state index in [1.807, 2.05) is 73.6 Å². The van der Waals surface area contributed by atoms with Crippen LogP contribution in [0.15, 0.2) is 36.4 Å². The van der Waals surface area contributed by atoms with Crippen LogP contribution in [0.2, 0.25) is 0 Å². The predicted octanol–water partition coefficient (Wildman–Crippen LogP) is 4.91. The Bertz CT molecular complexity index is 606. The number of allylic oxidation sites excluding steroid dienone is 1. The van der Waals surface area contributed by atoms with Gasteiger partial charge in [-0.15, -0.1) is 0 Å². The average Bonchev–Trinajstić information content (AvgIpc) is 2.74. The number of ether oxygens (including phenoxy) is 3. The van der Waals surface area contributed by atoms with Crippen molar-refractivity contribution in [2.24, 2.45) is 5.73 Å². The van der Waals surface area contributed by atoms with Crippen LogP contribution in [0.25, 0.3) is 5.32 Å². The van der Waals surface area contributed by atoms with E-state index in [1.54, 1.807) is 18.2 Å². The molecule has 1 amide bonds. The van der Waals surface area contributed by atoms with Crippen molar-refractivity contribution in [1.82, 2.24) is 5.32 Å². The number of carbonyl (C=O) groups excluding carboxylic acids is 1. The van der Waals surface area contributed by atoms with E-state index in [0.29, 0.717) is 51.0 Å². The predicted molar refractivity (Wildman–Crippen MR) is 135 cm³/mol. The van der Waals surface area contributed by atoms with E-state index < -0.39 is 0 Å². The molecular formula is C25H46N3O4W-. The normalized spacial score (nSPS) is 10.5. The molecule has 1 aromatic carbocycles. The second kappa shape index (κ2) is 23.9. The zero-order valence-corrected chi connectivity index (χ0v) is 24.8. The zero-order valence-electron chi connectivity index (χ0n) is 21.8. The summed E-state index contributed by atoms with van der Waals surface area (Å²) in [7, 11) is 0. The van der Waals surface area contributed by atoms with Gasteiger partial charge in [-0.25, -0.2) is 0 Å². The molecule has 0 aromatic heterocycles. The Balaban J connectivity index is -0.000000990. The first kappa shape index (κ1) is 36.3. The molecule has 0 aliphatic rings. The summed E-state index contributed by atoms with van der Waals surface area (Å²) in [5, 5.41) is 7.18. The summed E-state index contributed by atoms with van der Waals surface area (Å²) >= 11 is 0. The van der Waals surface area contributed by atoms with Crippen LogP contribution in [0, 0.1) is 0 Å². The van der Waals surface area contributed by atoms with Gasteiger partial charge in [0.1, 0.15) is 12.4 Å². The fourth-order valence-corrected chi connectivity index (χ4v) is 1.96. The molecule has 0 aliphatic carbocycles. The van der Waals surface area contributed by atoms with Crippen LogP contribution in [-0.4, -0.2) is 57.2 Å². The minimum Gasteiger partial charge on any atom is -0.637 e. The number of nitrogens with two attached hydrogens (primary N) is 1. The fraction of sp³-hybridized carbons (Fsp3) is 0.640. The van der Waals surface area contributed by atoms with Gasteiger partial charge in [0.2, 0.25) is 0 Å². The Kier molecular flexibility index (Phi) is 26.3. The Morgan fingerprint density at radius 3 is 2.30 bits per heavy atom. The van der Waals surface area contributed by atoms with Gasteiger partial charge < -0.3 is 35.4 Å². The van der Waals surface area contributed by atoms with E-state index in [0.717, 1.165) is 0 Å². The third-order valence-electron chi connectivity index (χ3n) is 3.46. The van der Waals surface area contributed by atoms with Crippen molar-refractivity contribution in [3.63, 3.8) is 0 Å². The Morgan fingerprint density at radius 1 is 1.15 bits per heavy atom. The number of hydrogen-bond acceptors (Lipinski definition) is 6. The molecule has 0 fully saturated rings. The first-order chi connectivity index (χ1) is 15.2. The third-order valence-corrected chi connectivity index (χ3v) is 3.46. The number of carbonyl (C=O) groups is 1. The summed E-state index contributed by atoms with van der Waals surface area (Å²) in [4.78, 5) is 12.1. The quantitative estimate of drug-likeness (QED) is 0.250. The molecule has 33 heavy (non-hydrogen) atoms. The van der Waals surface area contributed by atoms with E-state index in [-0.39, 0.29) is 38.6 Å². The fourth-order valence-electron chi connectivity index (χ4n) is 1.96. The van der Waals surface area contributed by atoms with E-state index in [1.165, 1.54) is 0 Å². The number of benzene rings is 1. The second-order valence-corrected chi connectivity index (χ2v) is 7.76. The molecule has 0 spiro atoms. The van der Waals surface area contributed by atoms with Crippen molar-refractivity contribution in [2.45, 2.75) is 67.0 Å². The number of rotatable bonds is 12. The number of amides is 1. The monoisotopic (exact) mass is 636 g/mol.